The molecule has 2 aromatic carbocycles. The van der Waals surface area contributed by atoms with Crippen molar-refractivity contribution in [1.82, 2.24) is 0 Å². The fraction of sp³-hybridized carbons (Fsp3) is 0.217. The van der Waals surface area contributed by atoms with Crippen LogP contribution < -0.4 is 5.32 Å². The van der Waals surface area contributed by atoms with Crippen molar-refractivity contribution in [3.63, 3.8) is 0 Å². The summed E-state index contributed by atoms with van der Waals surface area (Å²) in [4.78, 5) is 46.2. The number of methoxy groups -OCH3 is 1. The molecular formula is C23H19N3O7S. The Balaban J connectivity index is 1.72. The number of hydrogen-bond acceptors (Lipinski definition) is 8. The number of nitro groups is 2. The molecule has 34 heavy (non-hydrogen) atoms. The summed E-state index contributed by atoms with van der Waals surface area (Å²) in [5.74, 6) is -1.48. The first-order valence-electron chi connectivity index (χ1n) is 10.4. The predicted octanol–water partition coefficient (Wildman–Crippen LogP) is 5.15. The summed E-state index contributed by atoms with van der Waals surface area (Å²) in [6.45, 7) is 0. The average molecular weight is 481 g/mol. The first-order valence-corrected chi connectivity index (χ1v) is 11.2. The second-order valence-electron chi connectivity index (χ2n) is 7.74. The molecule has 0 fully saturated rings. The number of ether oxygens (including phenoxy) is 1. The van der Waals surface area contributed by atoms with Crippen LogP contribution in [0.5, 0.6) is 0 Å². The Kier molecular flexibility index (Phi) is 6.37. The summed E-state index contributed by atoms with van der Waals surface area (Å²) in [5, 5.41) is 26.8. The number of amides is 1. The lowest BCUT2D eigenvalue weighted by Gasteiger charge is -2.16. The number of anilines is 1. The van der Waals surface area contributed by atoms with E-state index in [1.165, 1.54) is 18.2 Å². The van der Waals surface area contributed by atoms with Crippen molar-refractivity contribution in [3.05, 3.63) is 84.3 Å². The van der Waals surface area contributed by atoms with Gasteiger partial charge in [0, 0.05) is 23.1 Å². The quantitative estimate of drug-likeness (QED) is 0.291. The largest absolute Gasteiger partial charge is 0.465 e. The smallest absolute Gasteiger partial charge is 0.341 e. The molecule has 4 rings (SSSR count). The lowest BCUT2D eigenvalue weighted by Crippen LogP contribution is -2.15. The number of carbonyl (C=O) groups excluding carboxylic acids is 2. The summed E-state index contributed by atoms with van der Waals surface area (Å²) in [5.41, 5.74) is 2.60. The number of nitro benzene ring substituents is 2. The van der Waals surface area contributed by atoms with E-state index in [1.807, 2.05) is 18.2 Å². The van der Waals surface area contributed by atoms with E-state index in [9.17, 15) is 29.8 Å². The molecule has 10 nitrogen and oxygen atoms in total. The van der Waals surface area contributed by atoms with E-state index in [-0.39, 0.29) is 16.1 Å². The van der Waals surface area contributed by atoms with Gasteiger partial charge in [0.15, 0.2) is 0 Å². The van der Waals surface area contributed by atoms with Gasteiger partial charge >= 0.3 is 5.97 Å². The van der Waals surface area contributed by atoms with E-state index < -0.39 is 33.1 Å². The minimum Gasteiger partial charge on any atom is -0.465 e. The zero-order valence-electron chi connectivity index (χ0n) is 18.0. The van der Waals surface area contributed by atoms with Crippen molar-refractivity contribution < 1.29 is 24.2 Å². The Bertz CT molecular complexity index is 1300. The van der Waals surface area contributed by atoms with Crippen molar-refractivity contribution in [2.24, 2.45) is 0 Å². The Morgan fingerprint density at radius 3 is 2.24 bits per heavy atom. The highest BCUT2D eigenvalue weighted by atomic mass is 32.1. The molecule has 0 saturated carbocycles. The highest BCUT2D eigenvalue weighted by Gasteiger charge is 2.25. The molecule has 0 spiro atoms. The number of benzene rings is 2. The molecule has 1 aliphatic rings. The molecule has 1 aliphatic carbocycles. The molecule has 11 heteroatoms. The van der Waals surface area contributed by atoms with Crippen molar-refractivity contribution >= 4 is 39.6 Å². The van der Waals surface area contributed by atoms with Gasteiger partial charge in [0.1, 0.15) is 10.6 Å². The van der Waals surface area contributed by atoms with Gasteiger partial charge in [0.25, 0.3) is 17.3 Å². The molecule has 1 heterocycles. The normalized spacial score (nSPS) is 12.5. The van der Waals surface area contributed by atoms with Crippen LogP contribution in [0.3, 0.4) is 0 Å². The third kappa shape index (κ3) is 4.50. The molecular weight excluding hydrogens is 462 g/mol. The van der Waals surface area contributed by atoms with Crippen LogP contribution in [0, 0.1) is 20.2 Å². The van der Waals surface area contributed by atoms with Gasteiger partial charge in [-0.2, -0.15) is 0 Å². The number of aryl methyl sites for hydroxylation is 2. The minimum absolute atomic E-state index is 0.150. The second-order valence-corrected chi connectivity index (χ2v) is 8.62. The second kappa shape index (κ2) is 9.40. The Morgan fingerprint density at radius 1 is 0.971 bits per heavy atom. The van der Waals surface area contributed by atoms with Gasteiger partial charge in [-0.25, -0.2) is 4.79 Å². The Morgan fingerprint density at radius 2 is 1.62 bits per heavy atom. The summed E-state index contributed by atoms with van der Waals surface area (Å²) in [6, 6.07) is 8.67. The van der Waals surface area contributed by atoms with Gasteiger partial charge < -0.3 is 10.1 Å². The van der Waals surface area contributed by atoms with Crippen LogP contribution in [-0.2, 0) is 17.6 Å². The summed E-state index contributed by atoms with van der Waals surface area (Å²) in [6.07, 6.45) is 4.21. The number of rotatable bonds is 6. The first-order chi connectivity index (χ1) is 16.3. The fourth-order valence-electron chi connectivity index (χ4n) is 3.98. The molecule has 1 N–H and O–H groups in total. The van der Waals surface area contributed by atoms with E-state index in [0.717, 1.165) is 60.8 Å². The van der Waals surface area contributed by atoms with Crippen LogP contribution in [0.1, 0.15) is 44.7 Å². The summed E-state index contributed by atoms with van der Waals surface area (Å²) < 4.78 is 4.94. The third-order valence-electron chi connectivity index (χ3n) is 5.65. The Labute approximate surface area is 197 Å². The van der Waals surface area contributed by atoms with Crippen LogP contribution in [0.2, 0.25) is 0 Å². The van der Waals surface area contributed by atoms with Crippen molar-refractivity contribution in [2.75, 3.05) is 12.4 Å². The zero-order chi connectivity index (χ0) is 24.4. The van der Waals surface area contributed by atoms with Crippen LogP contribution in [0.4, 0.5) is 16.4 Å². The molecule has 3 aromatic rings. The molecule has 0 unspecified atom stereocenters. The number of nitrogens with one attached hydrogen (secondary N) is 1. The molecule has 0 radical (unpaired) electrons. The van der Waals surface area contributed by atoms with E-state index in [1.54, 1.807) is 5.38 Å². The fourth-order valence-corrected chi connectivity index (χ4v) is 4.93. The highest BCUT2D eigenvalue weighted by Crippen LogP contribution is 2.38. The summed E-state index contributed by atoms with van der Waals surface area (Å²) >= 11 is 1.10. The lowest BCUT2D eigenvalue weighted by atomic mass is 9.89. The van der Waals surface area contributed by atoms with E-state index in [4.69, 9.17) is 4.74 Å². The van der Waals surface area contributed by atoms with Gasteiger partial charge in [0.2, 0.25) is 0 Å². The number of carbonyl (C=O) groups is 2. The molecule has 0 atom stereocenters. The number of nitrogens with zero attached hydrogens (tertiary/aromatic N) is 2. The molecule has 174 valence electrons. The van der Waals surface area contributed by atoms with Crippen LogP contribution in [-0.4, -0.2) is 28.8 Å². The minimum atomic E-state index is -0.823. The molecule has 0 aliphatic heterocycles. The lowest BCUT2D eigenvalue weighted by molar-refractivity contribution is -0.394. The molecule has 1 aromatic heterocycles. The van der Waals surface area contributed by atoms with Crippen molar-refractivity contribution in [1.29, 1.82) is 0 Å². The molecule has 0 saturated heterocycles. The number of esters is 1. The predicted molar refractivity (Wildman–Crippen MR) is 125 cm³/mol. The van der Waals surface area contributed by atoms with Crippen molar-refractivity contribution in [2.45, 2.75) is 25.7 Å². The number of fused-ring (bicyclic) bond motifs is 1. The van der Waals surface area contributed by atoms with E-state index >= 15 is 0 Å². The summed E-state index contributed by atoms with van der Waals surface area (Å²) in [7, 11) is 1.23. The van der Waals surface area contributed by atoms with Gasteiger partial charge in [-0.3, -0.25) is 25.0 Å². The van der Waals surface area contributed by atoms with E-state index in [2.05, 4.69) is 5.32 Å². The number of non-ortho nitro benzene ring substituents is 2. The molecule has 0 bridgehead atoms. The first kappa shape index (κ1) is 23.1. The molecule has 1 amide bonds. The average Bonchev–Trinajstić information content (AvgIpc) is 3.26. The van der Waals surface area contributed by atoms with Gasteiger partial charge in [-0.05, 0) is 42.4 Å². The van der Waals surface area contributed by atoms with Crippen LogP contribution in [0.25, 0.3) is 11.1 Å². The number of thiophene rings is 1. The maximum absolute atomic E-state index is 12.9. The van der Waals surface area contributed by atoms with Gasteiger partial charge in [-0.1, -0.05) is 18.2 Å². The van der Waals surface area contributed by atoms with Crippen LogP contribution in [0.15, 0.2) is 41.8 Å². The highest BCUT2D eigenvalue weighted by molar-refractivity contribution is 7.15. The number of hydrogen-bond donors (Lipinski definition) is 1. The van der Waals surface area contributed by atoms with Crippen molar-refractivity contribution in [3.8, 4) is 11.1 Å². The third-order valence-corrected chi connectivity index (χ3v) is 6.55. The standard InChI is InChI=1S/C23H19N3O7S/c1-33-23(28)20-19(15-7-6-13-4-2-3-5-14(13)8-15)12-34-22(20)24-21(27)16-9-17(25(29)30)11-18(10-16)26(31)32/h6-12H,2-5H2,1H3,(H,24,27). The van der Waals surface area contributed by atoms with E-state index in [0.29, 0.717) is 5.56 Å². The maximum Gasteiger partial charge on any atom is 0.341 e. The van der Waals surface area contributed by atoms with Gasteiger partial charge in [0.05, 0.1) is 28.6 Å². The Hall–Kier alpha value is -4.12. The zero-order valence-corrected chi connectivity index (χ0v) is 18.8. The SMILES string of the molecule is COC(=O)c1c(-c2ccc3c(c2)CCCC3)csc1NC(=O)c1cc([N+](=O)[O-])cc([N+](=O)[O-])c1. The maximum atomic E-state index is 12.9. The monoisotopic (exact) mass is 481 g/mol. The van der Waals surface area contributed by atoms with Gasteiger partial charge in [-0.15, -0.1) is 11.3 Å². The van der Waals surface area contributed by atoms with Crippen LogP contribution >= 0.6 is 11.3 Å². The topological polar surface area (TPSA) is 142 Å².